The van der Waals surface area contributed by atoms with Gasteiger partial charge in [0, 0.05) is 17.9 Å². The number of amides is 1. The molecular formula is C19H22N4O4. The number of hydrogen-bond acceptors (Lipinski definition) is 6. The first kappa shape index (κ1) is 18.7. The summed E-state index contributed by atoms with van der Waals surface area (Å²) in [6.45, 7) is 4.57. The van der Waals surface area contributed by atoms with Gasteiger partial charge in [-0.3, -0.25) is 4.79 Å². The van der Waals surface area contributed by atoms with Gasteiger partial charge < -0.3 is 19.0 Å². The van der Waals surface area contributed by atoms with Crippen LogP contribution < -0.4 is 5.43 Å². The van der Waals surface area contributed by atoms with E-state index in [1.54, 1.807) is 25.1 Å². The number of nitrogens with zero attached hydrogens (tertiary/aromatic N) is 2. The Hall–Kier alpha value is -3.13. The minimum atomic E-state index is -0.386. The van der Waals surface area contributed by atoms with Gasteiger partial charge in [0.2, 0.25) is 0 Å². The van der Waals surface area contributed by atoms with Gasteiger partial charge in [0.1, 0.15) is 12.3 Å². The summed E-state index contributed by atoms with van der Waals surface area (Å²) in [6, 6.07) is 3.46. The number of aryl methyl sites for hydroxylation is 1. The molecule has 8 heteroatoms. The highest BCUT2D eigenvalue weighted by Crippen LogP contribution is 2.24. The number of furan rings is 1. The number of aromatic amines is 1. The van der Waals surface area contributed by atoms with Gasteiger partial charge in [-0.15, -0.1) is 0 Å². The van der Waals surface area contributed by atoms with E-state index in [1.165, 1.54) is 6.26 Å². The predicted octanol–water partition coefficient (Wildman–Crippen LogP) is 1.86. The number of carbonyl (C=O) groups excluding carboxylic acids is 2. The number of carbonyl (C=O) groups is 2. The Morgan fingerprint density at radius 3 is 2.81 bits per heavy atom. The summed E-state index contributed by atoms with van der Waals surface area (Å²) >= 11 is 0. The quantitative estimate of drug-likeness (QED) is 0.597. The molecule has 2 aromatic heterocycles. The lowest BCUT2D eigenvalue weighted by atomic mass is 10.0. The number of hydrazone groups is 1. The van der Waals surface area contributed by atoms with Gasteiger partial charge in [0.05, 0.1) is 17.4 Å². The van der Waals surface area contributed by atoms with Crippen LogP contribution in [0.25, 0.3) is 6.08 Å². The molecule has 2 N–H and O–H groups in total. The van der Waals surface area contributed by atoms with Crippen molar-refractivity contribution in [2.75, 3.05) is 27.2 Å². The summed E-state index contributed by atoms with van der Waals surface area (Å²) in [7, 11) is 3.82. The van der Waals surface area contributed by atoms with Crippen LogP contribution in [0.1, 0.15) is 33.1 Å². The van der Waals surface area contributed by atoms with E-state index in [0.717, 1.165) is 0 Å². The molecule has 3 heterocycles. The third-order valence-electron chi connectivity index (χ3n) is 4.26. The van der Waals surface area contributed by atoms with Gasteiger partial charge in [0.25, 0.3) is 5.91 Å². The number of rotatable bonds is 6. The van der Waals surface area contributed by atoms with Crippen molar-refractivity contribution in [1.29, 1.82) is 0 Å². The van der Waals surface area contributed by atoms with Gasteiger partial charge >= 0.3 is 5.97 Å². The lowest BCUT2D eigenvalue weighted by molar-refractivity contribution is -0.116. The third kappa shape index (κ3) is 3.85. The summed E-state index contributed by atoms with van der Waals surface area (Å²) in [6.07, 6.45) is 3.19. The van der Waals surface area contributed by atoms with E-state index >= 15 is 0 Å². The summed E-state index contributed by atoms with van der Waals surface area (Å²) < 4.78 is 10.7. The molecular weight excluding hydrogens is 348 g/mol. The van der Waals surface area contributed by atoms with Gasteiger partial charge in [-0.05, 0) is 51.7 Å². The van der Waals surface area contributed by atoms with Crippen LogP contribution in [-0.2, 0) is 9.53 Å². The van der Waals surface area contributed by atoms with Crippen molar-refractivity contribution in [1.82, 2.24) is 15.3 Å². The maximum absolute atomic E-state index is 12.4. The van der Waals surface area contributed by atoms with E-state index in [9.17, 15) is 9.59 Å². The molecule has 0 atom stereocenters. The first-order chi connectivity index (χ1) is 12.9. The molecule has 1 aliphatic heterocycles. The molecule has 0 fully saturated rings. The van der Waals surface area contributed by atoms with Crippen molar-refractivity contribution < 1.29 is 18.7 Å². The van der Waals surface area contributed by atoms with Crippen LogP contribution in [0.15, 0.2) is 33.5 Å². The van der Waals surface area contributed by atoms with Crippen molar-refractivity contribution in [2.45, 2.75) is 13.8 Å². The van der Waals surface area contributed by atoms with Gasteiger partial charge in [-0.2, -0.15) is 5.10 Å². The zero-order valence-electron chi connectivity index (χ0n) is 15.8. The van der Waals surface area contributed by atoms with Crippen LogP contribution in [0.3, 0.4) is 0 Å². The van der Waals surface area contributed by atoms with Crippen molar-refractivity contribution in [3.05, 3.63) is 52.2 Å². The Bertz CT molecular complexity index is 920. The molecule has 8 nitrogen and oxygen atoms in total. The SMILES string of the molecule is Cc1[nH]c(/C=C2/C(=O)NN=C2c2ccco2)c(C)c1C(=O)OCCN(C)C. The molecule has 27 heavy (non-hydrogen) atoms. The predicted molar refractivity (Wildman–Crippen MR) is 100 cm³/mol. The van der Waals surface area contributed by atoms with E-state index in [2.05, 4.69) is 15.5 Å². The Kier molecular flexibility index (Phi) is 5.27. The molecule has 0 bridgehead atoms. The molecule has 0 radical (unpaired) electrons. The monoisotopic (exact) mass is 370 g/mol. The van der Waals surface area contributed by atoms with Crippen LogP contribution in [0, 0.1) is 13.8 Å². The smallest absolute Gasteiger partial charge is 0.340 e. The molecule has 0 aliphatic carbocycles. The fourth-order valence-electron chi connectivity index (χ4n) is 2.83. The molecule has 1 amide bonds. The van der Waals surface area contributed by atoms with E-state index in [0.29, 0.717) is 52.7 Å². The van der Waals surface area contributed by atoms with Crippen LogP contribution in [-0.4, -0.2) is 54.7 Å². The van der Waals surface area contributed by atoms with E-state index in [1.807, 2.05) is 25.9 Å². The number of likely N-dealkylation sites (N-methyl/N-ethyl adjacent to an activating group) is 1. The fraction of sp³-hybridized carbons (Fsp3) is 0.316. The maximum atomic E-state index is 12.4. The summed E-state index contributed by atoms with van der Waals surface area (Å²) in [5, 5.41) is 4.03. The Morgan fingerprint density at radius 2 is 2.15 bits per heavy atom. The minimum absolute atomic E-state index is 0.310. The topological polar surface area (TPSA) is 99.9 Å². The Labute approximate surface area is 156 Å². The van der Waals surface area contributed by atoms with Crippen LogP contribution >= 0.6 is 0 Å². The number of esters is 1. The molecule has 0 saturated heterocycles. The second-order valence-electron chi connectivity index (χ2n) is 6.54. The normalized spacial score (nSPS) is 15.4. The van der Waals surface area contributed by atoms with Crippen LogP contribution in [0.2, 0.25) is 0 Å². The standard InChI is InChI=1S/C19H22N4O4/c1-11-14(20-12(2)16(11)19(25)27-9-7-23(3)4)10-13-17(21-22-18(13)24)15-6-5-8-26-15/h5-6,8,10,20H,7,9H2,1-4H3,(H,22,24)/b13-10+. The van der Waals surface area contributed by atoms with Gasteiger partial charge in [-0.1, -0.05) is 0 Å². The van der Waals surface area contributed by atoms with E-state index in [4.69, 9.17) is 9.15 Å². The molecule has 3 rings (SSSR count). The van der Waals surface area contributed by atoms with E-state index < -0.39 is 0 Å². The summed E-state index contributed by atoms with van der Waals surface area (Å²) in [5.41, 5.74) is 5.76. The first-order valence-electron chi connectivity index (χ1n) is 8.53. The third-order valence-corrected chi connectivity index (χ3v) is 4.26. The number of nitrogens with one attached hydrogen (secondary N) is 2. The number of H-pyrrole nitrogens is 1. The van der Waals surface area contributed by atoms with Crippen LogP contribution in [0.5, 0.6) is 0 Å². The van der Waals surface area contributed by atoms with Gasteiger partial charge in [-0.25, -0.2) is 10.2 Å². The highest BCUT2D eigenvalue weighted by Gasteiger charge is 2.27. The largest absolute Gasteiger partial charge is 0.463 e. The number of ether oxygens (including phenoxy) is 1. The zero-order chi connectivity index (χ0) is 19.6. The Balaban J connectivity index is 1.88. The lowest BCUT2D eigenvalue weighted by Gasteiger charge is -2.10. The van der Waals surface area contributed by atoms with Crippen molar-refractivity contribution in [2.24, 2.45) is 5.10 Å². The summed E-state index contributed by atoms with van der Waals surface area (Å²) in [4.78, 5) is 29.7. The molecule has 2 aromatic rings. The van der Waals surface area contributed by atoms with E-state index in [-0.39, 0.29) is 11.9 Å². The molecule has 0 unspecified atom stereocenters. The molecule has 142 valence electrons. The van der Waals surface area contributed by atoms with Gasteiger partial charge in [0.15, 0.2) is 5.76 Å². The van der Waals surface area contributed by atoms with Crippen LogP contribution in [0.4, 0.5) is 0 Å². The Morgan fingerprint density at radius 1 is 1.37 bits per heavy atom. The second kappa shape index (κ2) is 7.63. The highest BCUT2D eigenvalue weighted by molar-refractivity contribution is 6.32. The molecule has 0 spiro atoms. The molecule has 0 aromatic carbocycles. The zero-order valence-corrected chi connectivity index (χ0v) is 15.8. The van der Waals surface area contributed by atoms with Crippen molar-refractivity contribution in [3.8, 4) is 0 Å². The minimum Gasteiger partial charge on any atom is -0.463 e. The molecule has 0 saturated carbocycles. The highest BCUT2D eigenvalue weighted by atomic mass is 16.5. The second-order valence-corrected chi connectivity index (χ2v) is 6.54. The molecule has 1 aliphatic rings. The fourth-order valence-corrected chi connectivity index (χ4v) is 2.83. The van der Waals surface area contributed by atoms with Crippen molar-refractivity contribution >= 4 is 23.7 Å². The van der Waals surface area contributed by atoms with Crippen molar-refractivity contribution in [3.63, 3.8) is 0 Å². The number of aromatic nitrogens is 1. The number of hydrogen-bond donors (Lipinski definition) is 2. The maximum Gasteiger partial charge on any atom is 0.340 e. The first-order valence-corrected chi connectivity index (χ1v) is 8.53. The average molecular weight is 370 g/mol. The average Bonchev–Trinajstić information content (AvgIpc) is 3.30. The summed E-state index contributed by atoms with van der Waals surface area (Å²) in [5.74, 6) is -0.226. The lowest BCUT2D eigenvalue weighted by Crippen LogP contribution is -2.20.